The molecule has 3 amide bonds. The van der Waals surface area contributed by atoms with Crippen LogP contribution in [-0.2, 0) is 11.3 Å². The molecule has 0 radical (unpaired) electrons. The van der Waals surface area contributed by atoms with E-state index in [1.54, 1.807) is 7.11 Å². The molecule has 0 aromatic heterocycles. The van der Waals surface area contributed by atoms with E-state index in [-0.39, 0.29) is 11.9 Å². The van der Waals surface area contributed by atoms with Gasteiger partial charge in [0, 0.05) is 32.7 Å². The van der Waals surface area contributed by atoms with E-state index in [9.17, 15) is 9.59 Å². The third-order valence-corrected chi connectivity index (χ3v) is 6.57. The number of urea groups is 1. The number of hydrogen-bond donors (Lipinski definition) is 1. The van der Waals surface area contributed by atoms with Gasteiger partial charge in [-0.15, -0.1) is 0 Å². The van der Waals surface area contributed by atoms with Crippen molar-refractivity contribution in [3.05, 3.63) is 29.8 Å². The molecule has 0 bridgehead atoms. The van der Waals surface area contributed by atoms with Crippen LogP contribution in [0.25, 0.3) is 0 Å². The third kappa shape index (κ3) is 4.41. The number of amides is 3. The standard InChI is InChI=1S/C22H32N4O3/c1-29-19-8-6-18(7-9-19)16-24-12-14-25(15-13-24)17-26-20(27)22(23-21(26)28)10-4-2-3-5-11-22/h6-9H,2-5,10-17H2,1H3,(H,23,28). The molecule has 7 heteroatoms. The Morgan fingerprint density at radius 2 is 1.55 bits per heavy atom. The zero-order valence-electron chi connectivity index (χ0n) is 17.4. The molecule has 158 valence electrons. The van der Waals surface area contributed by atoms with Crippen molar-refractivity contribution in [3.8, 4) is 5.75 Å². The minimum atomic E-state index is -0.635. The Labute approximate surface area is 173 Å². The summed E-state index contributed by atoms with van der Waals surface area (Å²) in [5.74, 6) is 0.864. The van der Waals surface area contributed by atoms with Gasteiger partial charge in [-0.2, -0.15) is 0 Å². The zero-order valence-corrected chi connectivity index (χ0v) is 17.4. The maximum absolute atomic E-state index is 13.1. The average molecular weight is 401 g/mol. The Kier molecular flexibility index (Phi) is 6.06. The van der Waals surface area contributed by atoms with Gasteiger partial charge in [0.25, 0.3) is 5.91 Å². The van der Waals surface area contributed by atoms with E-state index in [2.05, 4.69) is 27.2 Å². The number of benzene rings is 1. The zero-order chi connectivity index (χ0) is 20.3. The summed E-state index contributed by atoms with van der Waals surface area (Å²) in [6.07, 6.45) is 5.91. The fraction of sp³-hybridized carbons (Fsp3) is 0.636. The molecular weight excluding hydrogens is 368 g/mol. The molecule has 2 saturated heterocycles. The summed E-state index contributed by atoms with van der Waals surface area (Å²) in [5, 5.41) is 3.04. The lowest BCUT2D eigenvalue weighted by molar-refractivity contribution is -0.133. The number of nitrogens with one attached hydrogen (secondary N) is 1. The van der Waals surface area contributed by atoms with Gasteiger partial charge >= 0.3 is 6.03 Å². The number of piperazine rings is 1. The second kappa shape index (κ2) is 8.71. The monoisotopic (exact) mass is 400 g/mol. The number of methoxy groups -OCH3 is 1. The molecule has 2 heterocycles. The largest absolute Gasteiger partial charge is 0.497 e. The second-order valence-electron chi connectivity index (χ2n) is 8.54. The van der Waals surface area contributed by atoms with Crippen LogP contribution >= 0.6 is 0 Å². The molecule has 1 saturated carbocycles. The molecule has 1 aliphatic carbocycles. The van der Waals surface area contributed by atoms with E-state index < -0.39 is 5.54 Å². The fourth-order valence-corrected chi connectivity index (χ4v) is 4.75. The fourth-order valence-electron chi connectivity index (χ4n) is 4.75. The molecule has 2 aliphatic heterocycles. The van der Waals surface area contributed by atoms with Crippen molar-refractivity contribution in [1.29, 1.82) is 0 Å². The summed E-state index contributed by atoms with van der Waals surface area (Å²) < 4.78 is 5.22. The van der Waals surface area contributed by atoms with Gasteiger partial charge in [-0.25, -0.2) is 9.69 Å². The summed E-state index contributed by atoms with van der Waals surface area (Å²) in [6, 6.07) is 7.98. The summed E-state index contributed by atoms with van der Waals surface area (Å²) >= 11 is 0. The topological polar surface area (TPSA) is 65.1 Å². The molecule has 7 nitrogen and oxygen atoms in total. The highest BCUT2D eigenvalue weighted by Crippen LogP contribution is 2.32. The number of carbonyl (C=O) groups excluding carboxylic acids is 2. The van der Waals surface area contributed by atoms with Crippen molar-refractivity contribution in [2.24, 2.45) is 0 Å². The summed E-state index contributed by atoms with van der Waals surface area (Å²) in [6.45, 7) is 4.90. The maximum Gasteiger partial charge on any atom is 0.326 e. The lowest BCUT2D eigenvalue weighted by atomic mass is 9.90. The molecule has 1 aromatic rings. The highest BCUT2D eigenvalue weighted by Gasteiger charge is 2.50. The summed E-state index contributed by atoms with van der Waals surface area (Å²) in [5.41, 5.74) is 0.632. The van der Waals surface area contributed by atoms with Crippen LogP contribution in [0.2, 0.25) is 0 Å². The molecule has 3 aliphatic rings. The van der Waals surface area contributed by atoms with E-state index in [1.165, 1.54) is 10.5 Å². The van der Waals surface area contributed by atoms with Crippen LogP contribution in [0.15, 0.2) is 24.3 Å². The van der Waals surface area contributed by atoms with Crippen molar-refractivity contribution >= 4 is 11.9 Å². The van der Waals surface area contributed by atoms with Crippen molar-refractivity contribution < 1.29 is 14.3 Å². The Morgan fingerprint density at radius 3 is 2.17 bits per heavy atom. The van der Waals surface area contributed by atoms with Crippen LogP contribution in [0.1, 0.15) is 44.1 Å². The molecule has 1 aromatic carbocycles. The van der Waals surface area contributed by atoms with Crippen LogP contribution in [0.4, 0.5) is 4.79 Å². The Hall–Kier alpha value is -2.12. The minimum absolute atomic E-state index is 0.00920. The first-order chi connectivity index (χ1) is 14.1. The molecule has 29 heavy (non-hydrogen) atoms. The molecule has 0 unspecified atom stereocenters. The van der Waals surface area contributed by atoms with Gasteiger partial charge in [0.05, 0.1) is 13.8 Å². The average Bonchev–Trinajstić information content (AvgIpc) is 2.90. The Balaban J connectivity index is 1.29. The number of carbonyl (C=O) groups is 2. The predicted octanol–water partition coefficient (Wildman–Crippen LogP) is 2.42. The minimum Gasteiger partial charge on any atom is -0.497 e. The van der Waals surface area contributed by atoms with Crippen LogP contribution in [-0.4, -0.2) is 72.1 Å². The van der Waals surface area contributed by atoms with Gasteiger partial charge in [-0.1, -0.05) is 37.8 Å². The van der Waals surface area contributed by atoms with Crippen molar-refractivity contribution in [1.82, 2.24) is 20.0 Å². The van der Waals surface area contributed by atoms with Gasteiger partial charge in [-0.05, 0) is 30.5 Å². The van der Waals surface area contributed by atoms with E-state index in [4.69, 9.17) is 4.74 Å². The number of ether oxygens (including phenoxy) is 1. The van der Waals surface area contributed by atoms with Crippen LogP contribution < -0.4 is 10.1 Å². The van der Waals surface area contributed by atoms with Crippen LogP contribution in [0, 0.1) is 0 Å². The van der Waals surface area contributed by atoms with E-state index >= 15 is 0 Å². The Bertz CT molecular complexity index is 720. The number of hydrogen-bond acceptors (Lipinski definition) is 5. The van der Waals surface area contributed by atoms with Gasteiger partial charge < -0.3 is 10.1 Å². The van der Waals surface area contributed by atoms with Crippen molar-refractivity contribution in [2.75, 3.05) is 40.0 Å². The van der Waals surface area contributed by atoms with Gasteiger partial charge in [0.1, 0.15) is 11.3 Å². The first-order valence-electron chi connectivity index (χ1n) is 10.8. The molecule has 4 rings (SSSR count). The molecular formula is C22H32N4O3. The van der Waals surface area contributed by atoms with Crippen LogP contribution in [0.3, 0.4) is 0 Å². The molecule has 1 spiro atoms. The third-order valence-electron chi connectivity index (χ3n) is 6.57. The second-order valence-corrected chi connectivity index (χ2v) is 8.54. The van der Waals surface area contributed by atoms with E-state index in [0.29, 0.717) is 6.67 Å². The highest BCUT2D eigenvalue weighted by molar-refractivity contribution is 6.07. The SMILES string of the molecule is COc1ccc(CN2CCN(CN3C(=O)NC4(CCCCCC4)C3=O)CC2)cc1. The summed E-state index contributed by atoms with van der Waals surface area (Å²) in [4.78, 5) is 31.7. The lowest BCUT2D eigenvalue weighted by Crippen LogP contribution is -2.51. The molecule has 1 N–H and O–H groups in total. The van der Waals surface area contributed by atoms with Gasteiger partial charge in [-0.3, -0.25) is 14.6 Å². The highest BCUT2D eigenvalue weighted by atomic mass is 16.5. The van der Waals surface area contributed by atoms with Gasteiger partial charge in [0.2, 0.25) is 0 Å². The van der Waals surface area contributed by atoms with E-state index in [1.807, 2.05) is 12.1 Å². The van der Waals surface area contributed by atoms with E-state index in [0.717, 1.165) is 77.0 Å². The maximum atomic E-state index is 13.1. The molecule has 0 atom stereocenters. The smallest absolute Gasteiger partial charge is 0.326 e. The van der Waals surface area contributed by atoms with Crippen molar-refractivity contribution in [2.45, 2.75) is 50.6 Å². The van der Waals surface area contributed by atoms with Crippen LogP contribution in [0.5, 0.6) is 5.75 Å². The predicted molar refractivity (Wildman–Crippen MR) is 111 cm³/mol. The number of rotatable bonds is 5. The first-order valence-corrected chi connectivity index (χ1v) is 10.8. The quantitative estimate of drug-likeness (QED) is 0.769. The van der Waals surface area contributed by atoms with Gasteiger partial charge in [0.15, 0.2) is 0 Å². The molecule has 3 fully saturated rings. The first kappa shape index (κ1) is 20.2. The normalized spacial score (nSPS) is 23.3. The Morgan fingerprint density at radius 1 is 0.931 bits per heavy atom. The summed E-state index contributed by atoms with van der Waals surface area (Å²) in [7, 11) is 1.68. The lowest BCUT2D eigenvalue weighted by Gasteiger charge is -2.36. The number of imide groups is 1. The number of nitrogens with zero attached hydrogens (tertiary/aromatic N) is 3. The van der Waals surface area contributed by atoms with Crippen molar-refractivity contribution in [3.63, 3.8) is 0 Å².